The van der Waals surface area contributed by atoms with Crippen LogP contribution >= 0.6 is 11.8 Å². The number of carbonyl (C=O) groups is 2. The Morgan fingerprint density at radius 3 is 2.16 bits per heavy atom. The number of amides is 1. The summed E-state index contributed by atoms with van der Waals surface area (Å²) in [6, 6.07) is 18.0. The predicted octanol–water partition coefficient (Wildman–Crippen LogP) is 3.69. The van der Waals surface area contributed by atoms with E-state index in [-0.39, 0.29) is 11.9 Å². The molecule has 6 heteroatoms. The first kappa shape index (κ1) is 18.9. The zero-order valence-corrected chi connectivity index (χ0v) is 14.7. The average molecular weight is 359 g/mol. The molecule has 132 valence electrons. The summed E-state index contributed by atoms with van der Waals surface area (Å²) in [6.45, 7) is 1.88. The van der Waals surface area contributed by atoms with Gasteiger partial charge in [0.15, 0.2) is 0 Å². The minimum Gasteiger partial charge on any atom is -0.480 e. The van der Waals surface area contributed by atoms with Gasteiger partial charge in [-0.15, -0.1) is 0 Å². The van der Waals surface area contributed by atoms with Gasteiger partial charge in [-0.3, -0.25) is 0 Å². The lowest BCUT2D eigenvalue weighted by Crippen LogP contribution is -2.46. The maximum absolute atomic E-state index is 11.9. The fourth-order valence-corrected chi connectivity index (χ4v) is 3.19. The summed E-state index contributed by atoms with van der Waals surface area (Å²) >= 11 is 1.47. The normalized spacial score (nSPS) is 12.8. The highest BCUT2D eigenvalue weighted by atomic mass is 32.2. The van der Waals surface area contributed by atoms with Gasteiger partial charge in [0.25, 0.3) is 0 Å². The molecule has 25 heavy (non-hydrogen) atoms. The van der Waals surface area contributed by atoms with Gasteiger partial charge in [0, 0.05) is 11.0 Å². The molecule has 5 nitrogen and oxygen atoms in total. The van der Waals surface area contributed by atoms with Crippen molar-refractivity contribution < 1.29 is 19.4 Å². The van der Waals surface area contributed by atoms with Crippen molar-refractivity contribution in [2.75, 3.05) is 0 Å². The van der Waals surface area contributed by atoms with E-state index in [1.165, 1.54) is 11.8 Å². The molecule has 2 aromatic carbocycles. The van der Waals surface area contributed by atoms with Crippen LogP contribution in [-0.4, -0.2) is 28.5 Å². The van der Waals surface area contributed by atoms with E-state index in [2.05, 4.69) is 5.32 Å². The molecule has 2 N–H and O–H groups in total. The quantitative estimate of drug-likeness (QED) is 0.752. The lowest BCUT2D eigenvalue weighted by Gasteiger charge is -2.21. The second-order valence-electron chi connectivity index (χ2n) is 5.52. The average Bonchev–Trinajstić information content (AvgIpc) is 2.64. The Morgan fingerprint density at radius 1 is 1.04 bits per heavy atom. The Hall–Kier alpha value is -2.47. The summed E-state index contributed by atoms with van der Waals surface area (Å²) < 4.78 is 5.10. The molecule has 0 saturated carbocycles. The van der Waals surface area contributed by atoms with E-state index in [0.29, 0.717) is 5.75 Å². The number of rotatable bonds is 8. The van der Waals surface area contributed by atoms with Crippen LogP contribution in [0.5, 0.6) is 0 Å². The van der Waals surface area contributed by atoms with E-state index in [1.54, 1.807) is 6.92 Å². The van der Waals surface area contributed by atoms with Crippen LogP contribution in [-0.2, 0) is 21.9 Å². The van der Waals surface area contributed by atoms with E-state index in [9.17, 15) is 14.7 Å². The summed E-state index contributed by atoms with van der Waals surface area (Å²) in [4.78, 5) is 23.4. The number of carbonyl (C=O) groups excluding carboxylic acids is 1. The minimum absolute atomic E-state index is 0.102. The van der Waals surface area contributed by atoms with Gasteiger partial charge < -0.3 is 15.2 Å². The number of carboxylic acids is 1. The maximum Gasteiger partial charge on any atom is 0.408 e. The Morgan fingerprint density at radius 2 is 1.60 bits per heavy atom. The number of nitrogens with one attached hydrogen (secondary N) is 1. The van der Waals surface area contributed by atoms with Crippen LogP contribution in [0.3, 0.4) is 0 Å². The third-order valence-corrected chi connectivity index (χ3v) is 4.88. The molecule has 0 radical (unpaired) electrons. The minimum atomic E-state index is -1.08. The van der Waals surface area contributed by atoms with Crippen LogP contribution in [0, 0.1) is 0 Å². The van der Waals surface area contributed by atoms with Crippen LogP contribution in [0.15, 0.2) is 60.7 Å². The van der Waals surface area contributed by atoms with E-state index >= 15 is 0 Å². The highest BCUT2D eigenvalue weighted by Crippen LogP contribution is 2.20. The van der Waals surface area contributed by atoms with Crippen molar-refractivity contribution in [1.29, 1.82) is 0 Å². The van der Waals surface area contributed by atoms with Gasteiger partial charge in [-0.25, -0.2) is 9.59 Å². The van der Waals surface area contributed by atoms with Crippen LogP contribution in [0.4, 0.5) is 4.79 Å². The number of benzene rings is 2. The summed E-state index contributed by atoms with van der Waals surface area (Å²) in [7, 11) is 0. The molecule has 2 aromatic rings. The zero-order chi connectivity index (χ0) is 18.1. The van der Waals surface area contributed by atoms with Crippen molar-refractivity contribution in [1.82, 2.24) is 5.32 Å². The molecule has 0 spiro atoms. The van der Waals surface area contributed by atoms with E-state index < -0.39 is 18.1 Å². The van der Waals surface area contributed by atoms with Crippen molar-refractivity contribution >= 4 is 23.8 Å². The lowest BCUT2D eigenvalue weighted by molar-refractivity contribution is -0.139. The molecule has 0 unspecified atom stereocenters. The van der Waals surface area contributed by atoms with Crippen LogP contribution in [0.1, 0.15) is 18.1 Å². The molecule has 2 atom stereocenters. The molecule has 0 saturated heterocycles. The topological polar surface area (TPSA) is 75.6 Å². The van der Waals surface area contributed by atoms with Crippen molar-refractivity contribution in [3.63, 3.8) is 0 Å². The summed E-state index contributed by atoms with van der Waals surface area (Å²) in [5, 5.41) is 11.5. The van der Waals surface area contributed by atoms with E-state index in [0.717, 1.165) is 11.1 Å². The highest BCUT2D eigenvalue weighted by Gasteiger charge is 2.27. The summed E-state index contributed by atoms with van der Waals surface area (Å²) in [5.41, 5.74) is 1.95. The van der Waals surface area contributed by atoms with Gasteiger partial charge in [0.1, 0.15) is 12.6 Å². The standard InChI is InChI=1S/C19H21NO4S/c1-14(25-13-16-10-6-3-7-11-16)17(18(21)22)20-19(23)24-12-15-8-4-2-5-9-15/h2-11,14,17H,12-13H2,1H3,(H,20,23)(H,21,22)/t14-,17-/m1/s1. The molecule has 0 aliphatic carbocycles. The summed E-state index contributed by atoms with van der Waals surface area (Å²) in [6.07, 6.45) is -0.733. The molecule has 0 heterocycles. The monoisotopic (exact) mass is 359 g/mol. The second kappa shape index (κ2) is 9.74. The van der Waals surface area contributed by atoms with Crippen LogP contribution in [0.25, 0.3) is 0 Å². The number of alkyl carbamates (subject to hydrolysis) is 1. The second-order valence-corrected chi connectivity index (χ2v) is 6.89. The fourth-order valence-electron chi connectivity index (χ4n) is 2.17. The van der Waals surface area contributed by atoms with Crippen molar-refractivity contribution in [3.8, 4) is 0 Å². The van der Waals surface area contributed by atoms with Gasteiger partial charge in [-0.05, 0) is 11.1 Å². The van der Waals surface area contributed by atoms with Crippen molar-refractivity contribution in [3.05, 3.63) is 71.8 Å². The van der Waals surface area contributed by atoms with Crippen LogP contribution < -0.4 is 5.32 Å². The van der Waals surface area contributed by atoms with Crippen molar-refractivity contribution in [2.45, 2.75) is 30.6 Å². The van der Waals surface area contributed by atoms with Crippen molar-refractivity contribution in [2.24, 2.45) is 0 Å². The molecular weight excluding hydrogens is 338 g/mol. The molecule has 0 bridgehead atoms. The van der Waals surface area contributed by atoms with Gasteiger partial charge in [0.2, 0.25) is 0 Å². The van der Waals surface area contributed by atoms with Gasteiger partial charge in [0.05, 0.1) is 0 Å². The first-order valence-electron chi connectivity index (χ1n) is 7.92. The maximum atomic E-state index is 11.9. The molecule has 0 aromatic heterocycles. The Kier molecular flexibility index (Phi) is 7.35. The van der Waals surface area contributed by atoms with Gasteiger partial charge >= 0.3 is 12.1 Å². The smallest absolute Gasteiger partial charge is 0.408 e. The Bertz CT molecular complexity index is 678. The lowest BCUT2D eigenvalue weighted by atomic mass is 10.2. The molecular formula is C19H21NO4S. The third kappa shape index (κ3) is 6.51. The first-order valence-corrected chi connectivity index (χ1v) is 8.96. The first-order chi connectivity index (χ1) is 12.1. The number of hydrogen-bond acceptors (Lipinski definition) is 4. The Balaban J connectivity index is 1.84. The van der Waals surface area contributed by atoms with Gasteiger partial charge in [-0.1, -0.05) is 67.6 Å². The molecule has 0 aliphatic heterocycles. The highest BCUT2D eigenvalue weighted by molar-refractivity contribution is 7.99. The summed E-state index contributed by atoms with van der Waals surface area (Å²) in [5.74, 6) is -0.406. The number of ether oxygens (including phenoxy) is 1. The number of carboxylic acid groups (broad SMARTS) is 1. The Labute approximate surface area is 151 Å². The number of hydrogen-bond donors (Lipinski definition) is 2. The van der Waals surface area contributed by atoms with Gasteiger partial charge in [-0.2, -0.15) is 11.8 Å². The number of thioether (sulfide) groups is 1. The molecule has 2 rings (SSSR count). The number of aliphatic carboxylic acids is 1. The molecule has 0 fully saturated rings. The fraction of sp³-hybridized carbons (Fsp3) is 0.263. The SMILES string of the molecule is C[C@@H](SCc1ccccc1)[C@@H](NC(=O)OCc1ccccc1)C(=O)O. The third-order valence-electron chi connectivity index (χ3n) is 3.58. The molecule has 1 amide bonds. The largest absolute Gasteiger partial charge is 0.480 e. The van der Waals surface area contributed by atoms with E-state index in [1.807, 2.05) is 60.7 Å². The van der Waals surface area contributed by atoms with E-state index in [4.69, 9.17) is 4.74 Å². The zero-order valence-electron chi connectivity index (χ0n) is 13.9. The van der Waals surface area contributed by atoms with Crippen LogP contribution in [0.2, 0.25) is 0 Å². The predicted molar refractivity (Wildman–Crippen MR) is 98.4 cm³/mol. The molecule has 0 aliphatic rings.